The summed E-state index contributed by atoms with van der Waals surface area (Å²) in [7, 11) is -3.04. The van der Waals surface area contributed by atoms with E-state index in [4.69, 9.17) is 5.73 Å². The van der Waals surface area contributed by atoms with Crippen LogP contribution in [0.4, 0.5) is 0 Å². The van der Waals surface area contributed by atoms with E-state index in [2.05, 4.69) is 0 Å². The van der Waals surface area contributed by atoms with Crippen molar-refractivity contribution in [2.75, 3.05) is 25.1 Å². The van der Waals surface area contributed by atoms with Crippen LogP contribution in [0.25, 0.3) is 0 Å². The topological polar surface area (TPSA) is 80.5 Å². The van der Waals surface area contributed by atoms with Crippen molar-refractivity contribution in [3.8, 4) is 0 Å². The maximum absolute atomic E-state index is 12.0. The van der Waals surface area contributed by atoms with Crippen LogP contribution in [-0.2, 0) is 14.6 Å². The van der Waals surface area contributed by atoms with Crippen LogP contribution in [0.15, 0.2) is 0 Å². The molecule has 0 aromatic rings. The summed E-state index contributed by atoms with van der Waals surface area (Å²) in [6.45, 7) is 1.51. The smallest absolute Gasteiger partial charge is 0.239 e. The maximum atomic E-state index is 12.0. The summed E-state index contributed by atoms with van der Waals surface area (Å²) in [5.74, 6) is -0.121. The number of hydrogen-bond acceptors (Lipinski definition) is 4. The van der Waals surface area contributed by atoms with Gasteiger partial charge in [-0.05, 0) is 19.3 Å². The quantitative estimate of drug-likeness (QED) is 0.782. The molecule has 5 nitrogen and oxygen atoms in total. The fourth-order valence-corrected chi connectivity index (χ4v) is 2.67. The van der Waals surface area contributed by atoms with Crippen LogP contribution in [0.3, 0.4) is 0 Å². The maximum Gasteiger partial charge on any atom is 0.239 e. The lowest BCUT2D eigenvalue weighted by Crippen LogP contribution is -2.44. The van der Waals surface area contributed by atoms with Gasteiger partial charge in [0.1, 0.15) is 9.84 Å². The molecule has 17 heavy (non-hydrogen) atoms. The third-order valence-corrected chi connectivity index (χ3v) is 4.01. The van der Waals surface area contributed by atoms with E-state index in [-0.39, 0.29) is 18.1 Å². The highest BCUT2D eigenvalue weighted by atomic mass is 32.2. The minimum Gasteiger partial charge on any atom is -0.341 e. The summed E-state index contributed by atoms with van der Waals surface area (Å²) in [6, 6.07) is -0.678. The van der Waals surface area contributed by atoms with Crippen molar-refractivity contribution < 1.29 is 13.2 Å². The number of carbonyl (C=O) groups is 1. The van der Waals surface area contributed by atoms with Crippen LogP contribution in [0.1, 0.15) is 32.1 Å². The number of nitrogens with zero attached hydrogens (tertiary/aromatic N) is 1. The molecular weight excluding hydrogens is 240 g/mol. The van der Waals surface area contributed by atoms with E-state index in [1.165, 1.54) is 0 Å². The Kier molecular flexibility index (Phi) is 5.39. The third-order valence-electron chi connectivity index (χ3n) is 3.03. The van der Waals surface area contributed by atoms with Crippen molar-refractivity contribution in [1.29, 1.82) is 0 Å². The minimum atomic E-state index is -3.04. The highest BCUT2D eigenvalue weighted by Crippen LogP contribution is 2.11. The van der Waals surface area contributed by atoms with Gasteiger partial charge in [-0.2, -0.15) is 0 Å². The Morgan fingerprint density at radius 1 is 1.24 bits per heavy atom. The standard InChI is InChI=1S/C11H22N2O3S/c1-17(15,16)9-6-10(12)11(14)13-7-4-2-3-5-8-13/h10H,2-9,12H2,1H3/t10-/m0/s1. The number of likely N-dealkylation sites (tertiary alicyclic amines) is 1. The highest BCUT2D eigenvalue weighted by molar-refractivity contribution is 7.90. The van der Waals surface area contributed by atoms with E-state index < -0.39 is 15.9 Å². The first-order chi connectivity index (χ1) is 7.90. The summed E-state index contributed by atoms with van der Waals surface area (Å²) < 4.78 is 22.0. The molecule has 0 aromatic heterocycles. The average molecular weight is 262 g/mol. The van der Waals surface area contributed by atoms with Crippen molar-refractivity contribution in [3.05, 3.63) is 0 Å². The first-order valence-electron chi connectivity index (χ1n) is 6.12. The second-order valence-electron chi connectivity index (χ2n) is 4.76. The van der Waals surface area contributed by atoms with Gasteiger partial charge < -0.3 is 10.6 Å². The lowest BCUT2D eigenvalue weighted by molar-refractivity contribution is -0.132. The van der Waals surface area contributed by atoms with Gasteiger partial charge >= 0.3 is 0 Å². The molecule has 0 saturated carbocycles. The van der Waals surface area contributed by atoms with E-state index in [0.29, 0.717) is 0 Å². The van der Waals surface area contributed by atoms with Gasteiger partial charge in [-0.25, -0.2) is 8.42 Å². The van der Waals surface area contributed by atoms with Crippen molar-refractivity contribution in [2.24, 2.45) is 5.73 Å². The van der Waals surface area contributed by atoms with Gasteiger partial charge in [-0.1, -0.05) is 12.8 Å². The Morgan fingerprint density at radius 2 is 1.76 bits per heavy atom. The monoisotopic (exact) mass is 262 g/mol. The van der Waals surface area contributed by atoms with Crippen LogP contribution in [-0.4, -0.2) is 50.4 Å². The summed E-state index contributed by atoms with van der Waals surface area (Å²) in [5.41, 5.74) is 5.75. The molecule has 1 amide bonds. The van der Waals surface area contributed by atoms with Crippen LogP contribution >= 0.6 is 0 Å². The zero-order valence-corrected chi connectivity index (χ0v) is 11.2. The van der Waals surface area contributed by atoms with Crippen molar-refractivity contribution in [2.45, 2.75) is 38.1 Å². The molecule has 1 fully saturated rings. The molecule has 0 unspecified atom stereocenters. The van der Waals surface area contributed by atoms with Gasteiger partial charge in [-0.3, -0.25) is 4.79 Å². The molecule has 1 aliphatic rings. The number of nitrogens with two attached hydrogens (primary N) is 1. The Morgan fingerprint density at radius 3 is 2.24 bits per heavy atom. The van der Waals surface area contributed by atoms with Crippen molar-refractivity contribution in [3.63, 3.8) is 0 Å². The first kappa shape index (κ1) is 14.4. The molecule has 0 bridgehead atoms. The summed E-state index contributed by atoms with van der Waals surface area (Å²) in [4.78, 5) is 13.8. The van der Waals surface area contributed by atoms with Crippen LogP contribution in [0.5, 0.6) is 0 Å². The Labute approximate surface area is 103 Å². The van der Waals surface area contributed by atoms with Crippen molar-refractivity contribution >= 4 is 15.7 Å². The molecule has 1 atom stereocenters. The molecule has 0 radical (unpaired) electrons. The number of amides is 1. The van der Waals surface area contributed by atoms with E-state index >= 15 is 0 Å². The summed E-state index contributed by atoms with van der Waals surface area (Å²) >= 11 is 0. The van der Waals surface area contributed by atoms with Gasteiger partial charge in [0.05, 0.1) is 11.8 Å². The minimum absolute atomic E-state index is 0.0201. The van der Waals surface area contributed by atoms with E-state index in [9.17, 15) is 13.2 Å². The number of carbonyl (C=O) groups excluding carboxylic acids is 1. The molecule has 1 saturated heterocycles. The van der Waals surface area contributed by atoms with Gasteiger partial charge in [0.25, 0.3) is 0 Å². The largest absolute Gasteiger partial charge is 0.341 e. The van der Waals surface area contributed by atoms with E-state index in [0.717, 1.165) is 45.0 Å². The lowest BCUT2D eigenvalue weighted by atomic mass is 10.2. The highest BCUT2D eigenvalue weighted by Gasteiger charge is 2.22. The van der Waals surface area contributed by atoms with Gasteiger partial charge in [0.15, 0.2) is 0 Å². The fraction of sp³-hybridized carbons (Fsp3) is 0.909. The number of rotatable bonds is 4. The van der Waals surface area contributed by atoms with Gasteiger partial charge in [0.2, 0.25) is 5.91 Å². The molecule has 100 valence electrons. The zero-order chi connectivity index (χ0) is 12.9. The SMILES string of the molecule is CS(=O)(=O)CC[C@H](N)C(=O)N1CCCCCC1. The van der Waals surface area contributed by atoms with E-state index in [1.54, 1.807) is 4.90 Å². The second kappa shape index (κ2) is 6.35. The van der Waals surface area contributed by atoms with Crippen molar-refractivity contribution in [1.82, 2.24) is 4.90 Å². The van der Waals surface area contributed by atoms with Gasteiger partial charge in [0, 0.05) is 19.3 Å². The predicted molar refractivity (Wildman–Crippen MR) is 67.4 cm³/mol. The number of sulfone groups is 1. The molecular formula is C11H22N2O3S. The zero-order valence-electron chi connectivity index (χ0n) is 10.4. The number of hydrogen-bond donors (Lipinski definition) is 1. The molecule has 2 N–H and O–H groups in total. The molecule has 1 aliphatic heterocycles. The fourth-order valence-electron chi connectivity index (χ4n) is 1.99. The summed E-state index contributed by atoms with van der Waals surface area (Å²) in [6.07, 6.45) is 5.73. The first-order valence-corrected chi connectivity index (χ1v) is 8.18. The Balaban J connectivity index is 2.44. The Bertz CT molecular complexity index is 346. The van der Waals surface area contributed by atoms with Crippen LogP contribution in [0, 0.1) is 0 Å². The molecule has 0 aliphatic carbocycles. The molecule has 1 rings (SSSR count). The average Bonchev–Trinajstić information content (AvgIpc) is 2.52. The van der Waals surface area contributed by atoms with Crippen LogP contribution in [0.2, 0.25) is 0 Å². The van der Waals surface area contributed by atoms with E-state index in [1.807, 2.05) is 0 Å². The Hall–Kier alpha value is -0.620. The third kappa shape index (κ3) is 5.50. The second-order valence-corrected chi connectivity index (χ2v) is 7.02. The van der Waals surface area contributed by atoms with Crippen LogP contribution < -0.4 is 5.73 Å². The molecule has 0 spiro atoms. The summed E-state index contributed by atoms with van der Waals surface area (Å²) in [5, 5.41) is 0. The molecule has 1 heterocycles. The van der Waals surface area contributed by atoms with Gasteiger partial charge in [-0.15, -0.1) is 0 Å². The normalized spacial score (nSPS) is 19.8. The predicted octanol–water partition coefficient (Wildman–Crippen LogP) is 0.151. The lowest BCUT2D eigenvalue weighted by Gasteiger charge is -2.23. The molecule has 6 heteroatoms. The molecule has 0 aromatic carbocycles.